The van der Waals surface area contributed by atoms with Crippen LogP contribution >= 0.6 is 0 Å². The summed E-state index contributed by atoms with van der Waals surface area (Å²) in [5.41, 5.74) is 1.69. The highest BCUT2D eigenvalue weighted by molar-refractivity contribution is 5.85. The molecule has 0 bridgehead atoms. The first kappa shape index (κ1) is 10.3. The molecule has 2 rings (SSSR count). The number of aromatic amines is 1. The quantitative estimate of drug-likeness (QED) is 0.736. The van der Waals surface area contributed by atoms with E-state index < -0.39 is 5.97 Å². The molecule has 0 saturated carbocycles. The van der Waals surface area contributed by atoms with Gasteiger partial charge in [-0.25, -0.2) is 4.79 Å². The molecule has 4 heteroatoms. The van der Waals surface area contributed by atoms with E-state index in [-0.39, 0.29) is 11.4 Å². The van der Waals surface area contributed by atoms with E-state index in [0.29, 0.717) is 6.42 Å². The van der Waals surface area contributed by atoms with Gasteiger partial charge in [-0.3, -0.25) is 0 Å². The number of rotatable bonds is 3. The van der Waals surface area contributed by atoms with Crippen molar-refractivity contribution in [2.45, 2.75) is 6.42 Å². The van der Waals surface area contributed by atoms with Gasteiger partial charge in [0.25, 0.3) is 0 Å². The lowest BCUT2D eigenvalue weighted by Crippen LogP contribution is -1.97. The normalized spacial score (nSPS) is 10.2. The molecule has 0 aliphatic rings. The minimum Gasteiger partial charge on any atom is -0.508 e. The van der Waals surface area contributed by atoms with Crippen LogP contribution in [0.1, 0.15) is 21.7 Å². The Bertz CT molecular complexity index is 516. The van der Waals surface area contributed by atoms with Gasteiger partial charge in [0, 0.05) is 12.1 Å². The third-order valence-electron chi connectivity index (χ3n) is 2.35. The zero-order valence-corrected chi connectivity index (χ0v) is 8.47. The van der Waals surface area contributed by atoms with E-state index >= 15 is 0 Å². The summed E-state index contributed by atoms with van der Waals surface area (Å²) in [5, 5.41) is 18.3. The molecule has 2 aromatic rings. The summed E-state index contributed by atoms with van der Waals surface area (Å²) in [6, 6.07) is 10.2. The maximum atomic E-state index is 10.7. The number of H-pyrrole nitrogens is 1. The fourth-order valence-corrected chi connectivity index (χ4v) is 1.53. The number of phenolic OH excluding ortho intramolecular Hbond substituents is 1. The van der Waals surface area contributed by atoms with Crippen molar-refractivity contribution < 1.29 is 15.0 Å². The number of hydrogen-bond donors (Lipinski definition) is 3. The van der Waals surface area contributed by atoms with Crippen molar-refractivity contribution in [3.8, 4) is 5.75 Å². The summed E-state index contributed by atoms with van der Waals surface area (Å²) in [7, 11) is 0. The Balaban J connectivity index is 2.21. The summed E-state index contributed by atoms with van der Waals surface area (Å²) in [4.78, 5) is 13.4. The van der Waals surface area contributed by atoms with Crippen LogP contribution < -0.4 is 0 Å². The molecular weight excluding hydrogens is 206 g/mol. The van der Waals surface area contributed by atoms with Crippen molar-refractivity contribution in [1.29, 1.82) is 0 Å². The molecule has 0 saturated heterocycles. The van der Waals surface area contributed by atoms with E-state index in [9.17, 15) is 9.90 Å². The van der Waals surface area contributed by atoms with Gasteiger partial charge < -0.3 is 15.2 Å². The van der Waals surface area contributed by atoms with Crippen LogP contribution in [0.25, 0.3) is 0 Å². The Kier molecular flexibility index (Phi) is 2.64. The molecule has 0 unspecified atom stereocenters. The van der Waals surface area contributed by atoms with Gasteiger partial charge >= 0.3 is 5.97 Å². The van der Waals surface area contributed by atoms with Crippen molar-refractivity contribution in [2.24, 2.45) is 0 Å². The Morgan fingerprint density at radius 1 is 1.19 bits per heavy atom. The molecule has 1 aromatic carbocycles. The number of carboxylic acid groups (broad SMARTS) is 1. The monoisotopic (exact) mass is 217 g/mol. The Morgan fingerprint density at radius 2 is 1.94 bits per heavy atom. The molecule has 0 fully saturated rings. The van der Waals surface area contributed by atoms with Gasteiger partial charge in [-0.05, 0) is 23.8 Å². The van der Waals surface area contributed by atoms with Crippen LogP contribution in [-0.2, 0) is 6.42 Å². The predicted octanol–water partition coefficient (Wildman–Crippen LogP) is 2.01. The maximum absolute atomic E-state index is 10.7. The van der Waals surface area contributed by atoms with Crippen molar-refractivity contribution in [2.75, 3.05) is 0 Å². The molecule has 0 radical (unpaired) electrons. The van der Waals surface area contributed by atoms with E-state index in [4.69, 9.17) is 5.11 Å². The molecule has 82 valence electrons. The zero-order chi connectivity index (χ0) is 11.5. The average Bonchev–Trinajstić information content (AvgIpc) is 2.70. The number of aromatic carboxylic acids is 1. The number of carboxylic acids is 1. The summed E-state index contributed by atoms with van der Waals surface area (Å²) in [5.74, 6) is -0.766. The minimum absolute atomic E-state index is 0.158. The number of aromatic nitrogens is 1. The van der Waals surface area contributed by atoms with Crippen LogP contribution in [0.2, 0.25) is 0 Å². The maximum Gasteiger partial charge on any atom is 0.352 e. The van der Waals surface area contributed by atoms with E-state index in [0.717, 1.165) is 11.3 Å². The third-order valence-corrected chi connectivity index (χ3v) is 2.35. The number of phenols is 1. The van der Waals surface area contributed by atoms with Gasteiger partial charge in [-0.2, -0.15) is 0 Å². The van der Waals surface area contributed by atoms with Gasteiger partial charge in [0.2, 0.25) is 0 Å². The second-order valence-corrected chi connectivity index (χ2v) is 3.51. The molecule has 1 heterocycles. The molecule has 0 atom stereocenters. The van der Waals surface area contributed by atoms with Crippen LogP contribution in [0, 0.1) is 0 Å². The molecule has 0 aliphatic carbocycles. The molecule has 0 spiro atoms. The first-order valence-electron chi connectivity index (χ1n) is 4.85. The highest BCUT2D eigenvalue weighted by Crippen LogP contribution is 2.19. The van der Waals surface area contributed by atoms with E-state index in [1.807, 2.05) is 6.07 Å². The van der Waals surface area contributed by atoms with Gasteiger partial charge in [-0.15, -0.1) is 0 Å². The molecule has 0 aliphatic heterocycles. The number of para-hydroxylation sites is 1. The fraction of sp³-hybridized carbons (Fsp3) is 0.0833. The summed E-state index contributed by atoms with van der Waals surface area (Å²) >= 11 is 0. The van der Waals surface area contributed by atoms with E-state index in [2.05, 4.69) is 4.98 Å². The Labute approximate surface area is 92.2 Å². The Hall–Kier alpha value is -2.23. The smallest absolute Gasteiger partial charge is 0.352 e. The van der Waals surface area contributed by atoms with Gasteiger partial charge in [0.05, 0.1) is 0 Å². The molecular formula is C12H11NO3. The highest BCUT2D eigenvalue weighted by Gasteiger charge is 2.07. The standard InChI is InChI=1S/C12H11NO3/c14-11-4-2-1-3-8(11)7-9-5-6-10(13-9)12(15)16/h1-6,13-14H,7H2,(H,15,16). The Morgan fingerprint density at radius 3 is 2.56 bits per heavy atom. The first-order valence-corrected chi connectivity index (χ1v) is 4.85. The lowest BCUT2D eigenvalue weighted by molar-refractivity contribution is 0.0691. The zero-order valence-electron chi connectivity index (χ0n) is 8.47. The topological polar surface area (TPSA) is 73.3 Å². The van der Waals surface area contributed by atoms with Crippen molar-refractivity contribution in [3.63, 3.8) is 0 Å². The van der Waals surface area contributed by atoms with E-state index in [1.54, 1.807) is 24.3 Å². The van der Waals surface area contributed by atoms with Crippen molar-refractivity contribution in [3.05, 3.63) is 53.3 Å². The first-order chi connectivity index (χ1) is 7.66. The van der Waals surface area contributed by atoms with E-state index in [1.165, 1.54) is 6.07 Å². The second kappa shape index (κ2) is 4.10. The highest BCUT2D eigenvalue weighted by atomic mass is 16.4. The van der Waals surface area contributed by atoms with Gasteiger partial charge in [-0.1, -0.05) is 18.2 Å². The number of benzene rings is 1. The van der Waals surface area contributed by atoms with Crippen LogP contribution in [0.15, 0.2) is 36.4 Å². The number of aromatic hydroxyl groups is 1. The predicted molar refractivity (Wildman–Crippen MR) is 58.7 cm³/mol. The molecule has 3 N–H and O–H groups in total. The number of hydrogen-bond acceptors (Lipinski definition) is 2. The van der Waals surface area contributed by atoms with Crippen LogP contribution in [0.5, 0.6) is 5.75 Å². The van der Waals surface area contributed by atoms with Crippen molar-refractivity contribution >= 4 is 5.97 Å². The summed E-state index contributed by atoms with van der Waals surface area (Å²) in [6.07, 6.45) is 0.486. The van der Waals surface area contributed by atoms with Crippen LogP contribution in [-0.4, -0.2) is 21.2 Å². The lowest BCUT2D eigenvalue weighted by atomic mass is 10.1. The number of nitrogens with one attached hydrogen (secondary N) is 1. The van der Waals surface area contributed by atoms with Crippen LogP contribution in [0.3, 0.4) is 0 Å². The van der Waals surface area contributed by atoms with Crippen LogP contribution in [0.4, 0.5) is 0 Å². The average molecular weight is 217 g/mol. The lowest BCUT2D eigenvalue weighted by Gasteiger charge is -2.01. The largest absolute Gasteiger partial charge is 0.508 e. The molecule has 1 aromatic heterocycles. The van der Waals surface area contributed by atoms with Gasteiger partial charge in [0.1, 0.15) is 11.4 Å². The van der Waals surface area contributed by atoms with Crippen molar-refractivity contribution in [1.82, 2.24) is 4.98 Å². The second-order valence-electron chi connectivity index (χ2n) is 3.51. The SMILES string of the molecule is O=C(O)c1ccc(Cc2ccccc2O)[nH]1. The molecule has 0 amide bonds. The molecule has 16 heavy (non-hydrogen) atoms. The van der Waals surface area contributed by atoms with Gasteiger partial charge in [0.15, 0.2) is 0 Å². The fourth-order valence-electron chi connectivity index (χ4n) is 1.53. The molecule has 4 nitrogen and oxygen atoms in total. The summed E-state index contributed by atoms with van der Waals surface area (Å²) < 4.78 is 0. The minimum atomic E-state index is -0.983. The number of carbonyl (C=O) groups is 1. The summed E-state index contributed by atoms with van der Waals surface area (Å²) in [6.45, 7) is 0. The third kappa shape index (κ3) is 2.06.